The Balaban J connectivity index is 0.000000272. The lowest BCUT2D eigenvalue weighted by molar-refractivity contribution is -0.206. The van der Waals surface area contributed by atoms with E-state index in [1.54, 1.807) is 13.0 Å². The van der Waals surface area contributed by atoms with Crippen molar-refractivity contribution in [3.8, 4) is 12.3 Å². The van der Waals surface area contributed by atoms with Gasteiger partial charge < -0.3 is 4.74 Å². The van der Waals surface area contributed by atoms with Gasteiger partial charge in [0, 0.05) is 11.5 Å². The van der Waals surface area contributed by atoms with Crippen molar-refractivity contribution in [2.75, 3.05) is 5.32 Å². The molecule has 1 aliphatic carbocycles. The van der Waals surface area contributed by atoms with E-state index in [1.807, 2.05) is 0 Å². The lowest BCUT2D eigenvalue weighted by Gasteiger charge is -2.27. The number of benzene rings is 1. The van der Waals surface area contributed by atoms with Crippen LogP contribution in [0.1, 0.15) is 30.1 Å². The zero-order valence-corrected chi connectivity index (χ0v) is 11.3. The summed E-state index contributed by atoms with van der Waals surface area (Å²) in [6.45, 7) is 1.67. The molecule has 0 bridgehead atoms. The molecule has 1 atom stereocenters. The summed E-state index contributed by atoms with van der Waals surface area (Å²) in [4.78, 5) is 10.9. The van der Waals surface area contributed by atoms with E-state index in [9.17, 15) is 18.0 Å². The Kier molecular flexibility index (Phi) is 4.12. The first-order valence-electron chi connectivity index (χ1n) is 6.42. The zero-order chi connectivity index (χ0) is 15.6. The minimum Gasteiger partial charge on any atom is -0.431 e. The first kappa shape index (κ1) is 15.2. The van der Waals surface area contributed by atoms with Crippen molar-refractivity contribution in [3.05, 3.63) is 29.3 Å². The van der Waals surface area contributed by atoms with E-state index in [1.165, 1.54) is 25.0 Å². The summed E-state index contributed by atoms with van der Waals surface area (Å²) in [5, 5.41) is 2.23. The highest BCUT2D eigenvalue weighted by Gasteiger charge is 2.47. The molecular formula is C15H14F3NO2. The average Bonchev–Trinajstić information content (AvgIpc) is 3.22. The molecule has 2 aliphatic rings. The van der Waals surface area contributed by atoms with E-state index < -0.39 is 18.4 Å². The van der Waals surface area contributed by atoms with Crippen molar-refractivity contribution in [2.24, 2.45) is 5.92 Å². The highest BCUT2D eigenvalue weighted by atomic mass is 19.4. The van der Waals surface area contributed by atoms with Crippen LogP contribution >= 0.6 is 0 Å². The molecule has 3 rings (SSSR count). The summed E-state index contributed by atoms with van der Waals surface area (Å²) in [5.41, 5.74) is 0.754. The van der Waals surface area contributed by atoms with Gasteiger partial charge in [-0.15, -0.1) is 12.3 Å². The molecule has 0 spiro atoms. The van der Waals surface area contributed by atoms with Gasteiger partial charge in [0.15, 0.2) is 0 Å². The van der Waals surface area contributed by atoms with Crippen molar-refractivity contribution in [3.63, 3.8) is 0 Å². The zero-order valence-electron chi connectivity index (χ0n) is 11.3. The molecule has 0 saturated heterocycles. The van der Waals surface area contributed by atoms with Gasteiger partial charge in [-0.3, -0.25) is 5.32 Å². The van der Waals surface area contributed by atoms with E-state index in [0.717, 1.165) is 0 Å². The van der Waals surface area contributed by atoms with E-state index in [4.69, 9.17) is 6.42 Å². The number of cyclic esters (lactones) is 1. The predicted molar refractivity (Wildman–Crippen MR) is 71.6 cm³/mol. The number of anilines is 1. The Bertz CT molecular complexity index is 586. The van der Waals surface area contributed by atoms with Gasteiger partial charge in [-0.2, -0.15) is 13.2 Å². The second-order valence-corrected chi connectivity index (χ2v) is 4.98. The molecule has 6 heteroatoms. The van der Waals surface area contributed by atoms with Gasteiger partial charge in [-0.05, 0) is 31.9 Å². The van der Waals surface area contributed by atoms with Crippen LogP contribution < -0.4 is 5.32 Å². The Morgan fingerprint density at radius 1 is 1.38 bits per heavy atom. The van der Waals surface area contributed by atoms with Crippen LogP contribution in [0.25, 0.3) is 0 Å². The Labute approximate surface area is 120 Å². The molecule has 1 fully saturated rings. The normalized spacial score (nSPS) is 20.1. The van der Waals surface area contributed by atoms with Gasteiger partial charge in [0.25, 0.3) is 0 Å². The number of carbonyl (C=O) groups excluding carboxylic acids is 1. The molecule has 1 aromatic rings. The SMILES string of the molecule is C#CC1CC1.Cc1ccc2c(c1)C(C(F)(F)F)OC(=O)N2. The first-order chi connectivity index (χ1) is 9.81. The first-order valence-corrected chi connectivity index (χ1v) is 6.42. The monoisotopic (exact) mass is 297 g/mol. The van der Waals surface area contributed by atoms with E-state index in [0.29, 0.717) is 11.5 Å². The second-order valence-electron chi connectivity index (χ2n) is 4.98. The average molecular weight is 297 g/mol. The van der Waals surface area contributed by atoms with Crippen LogP contribution in [0.2, 0.25) is 0 Å². The van der Waals surface area contributed by atoms with Crippen molar-refractivity contribution in [1.29, 1.82) is 0 Å². The summed E-state index contributed by atoms with van der Waals surface area (Å²) in [5.74, 6) is 3.30. The highest BCUT2D eigenvalue weighted by Crippen LogP contribution is 2.41. The van der Waals surface area contributed by atoms with Gasteiger partial charge in [0.05, 0.1) is 5.69 Å². The summed E-state index contributed by atoms with van der Waals surface area (Å²) in [6, 6.07) is 4.41. The minimum absolute atomic E-state index is 0.0629. The second kappa shape index (κ2) is 5.68. The van der Waals surface area contributed by atoms with Crippen LogP contribution in [0.15, 0.2) is 18.2 Å². The smallest absolute Gasteiger partial charge is 0.430 e. The molecule has 112 valence electrons. The predicted octanol–water partition coefficient (Wildman–Crippen LogP) is 4.19. The summed E-state index contributed by atoms with van der Waals surface area (Å²) in [6.07, 6.45) is -0.333. The summed E-state index contributed by atoms with van der Waals surface area (Å²) < 4.78 is 42.1. The third kappa shape index (κ3) is 3.91. The molecule has 1 unspecified atom stereocenters. The summed E-state index contributed by atoms with van der Waals surface area (Å²) in [7, 11) is 0. The minimum atomic E-state index is -4.60. The Hall–Kier alpha value is -2.16. The van der Waals surface area contributed by atoms with Crippen LogP contribution in [0.5, 0.6) is 0 Å². The lowest BCUT2D eigenvalue weighted by atomic mass is 10.0. The number of nitrogens with one attached hydrogen (secondary N) is 1. The molecule has 1 saturated carbocycles. The number of hydrogen-bond donors (Lipinski definition) is 1. The highest BCUT2D eigenvalue weighted by molar-refractivity contribution is 5.88. The molecule has 1 amide bonds. The fourth-order valence-corrected chi connectivity index (χ4v) is 1.82. The van der Waals surface area contributed by atoms with Crippen molar-refractivity contribution in [2.45, 2.75) is 32.0 Å². The van der Waals surface area contributed by atoms with E-state index in [2.05, 4.69) is 16.0 Å². The number of aryl methyl sites for hydroxylation is 1. The third-order valence-electron chi connectivity index (χ3n) is 3.06. The molecule has 0 aromatic heterocycles. The van der Waals surface area contributed by atoms with Gasteiger partial charge in [0.1, 0.15) is 0 Å². The number of terminal acetylenes is 1. The molecule has 1 heterocycles. The standard InChI is InChI=1S/C10H8F3NO2.C5H6/c1-5-2-3-7-6(4-5)8(10(11,12)13)16-9(15)14-7;1-2-5-3-4-5/h2-4,8H,1H3,(H,14,15);1,5H,3-4H2. The number of fused-ring (bicyclic) bond motifs is 1. The van der Waals surface area contributed by atoms with Crippen molar-refractivity contribution >= 4 is 11.8 Å². The Morgan fingerprint density at radius 2 is 2.05 bits per heavy atom. The number of amides is 1. The number of halogens is 3. The molecule has 1 aliphatic heterocycles. The van der Waals surface area contributed by atoms with Crippen LogP contribution in [0, 0.1) is 25.2 Å². The molecule has 0 radical (unpaired) electrons. The number of alkyl halides is 3. The number of carbonyl (C=O) groups is 1. The Morgan fingerprint density at radius 3 is 2.52 bits per heavy atom. The third-order valence-corrected chi connectivity index (χ3v) is 3.06. The number of ether oxygens (including phenoxy) is 1. The van der Waals surface area contributed by atoms with Crippen molar-refractivity contribution in [1.82, 2.24) is 0 Å². The van der Waals surface area contributed by atoms with E-state index >= 15 is 0 Å². The fourth-order valence-electron chi connectivity index (χ4n) is 1.82. The molecule has 21 heavy (non-hydrogen) atoms. The lowest BCUT2D eigenvalue weighted by Crippen LogP contribution is -2.33. The van der Waals surface area contributed by atoms with E-state index in [-0.39, 0.29) is 11.3 Å². The topological polar surface area (TPSA) is 38.3 Å². The maximum Gasteiger partial charge on any atom is 0.430 e. The van der Waals surface area contributed by atoms with Crippen LogP contribution in [-0.2, 0) is 4.74 Å². The quantitative estimate of drug-likeness (QED) is 0.729. The van der Waals surface area contributed by atoms with Crippen LogP contribution in [-0.4, -0.2) is 12.3 Å². The van der Waals surface area contributed by atoms with Gasteiger partial charge >= 0.3 is 12.3 Å². The van der Waals surface area contributed by atoms with Gasteiger partial charge in [-0.1, -0.05) is 11.6 Å². The summed E-state index contributed by atoms with van der Waals surface area (Å²) >= 11 is 0. The molecular weight excluding hydrogens is 283 g/mol. The molecule has 1 N–H and O–H groups in total. The van der Waals surface area contributed by atoms with Gasteiger partial charge in [-0.25, -0.2) is 4.79 Å². The number of rotatable bonds is 0. The van der Waals surface area contributed by atoms with Gasteiger partial charge in [0.2, 0.25) is 6.10 Å². The van der Waals surface area contributed by atoms with Crippen LogP contribution in [0.4, 0.5) is 23.7 Å². The molecule has 3 nitrogen and oxygen atoms in total. The maximum atomic E-state index is 12.6. The number of hydrogen-bond acceptors (Lipinski definition) is 2. The largest absolute Gasteiger partial charge is 0.431 e. The van der Waals surface area contributed by atoms with Crippen molar-refractivity contribution < 1.29 is 22.7 Å². The maximum absolute atomic E-state index is 12.6. The molecule has 1 aromatic carbocycles. The fraction of sp³-hybridized carbons (Fsp3) is 0.400. The van der Waals surface area contributed by atoms with Crippen LogP contribution in [0.3, 0.4) is 0 Å².